The van der Waals surface area contributed by atoms with E-state index in [4.69, 9.17) is 29.2 Å². The number of benzene rings is 2. The Balaban J connectivity index is 0.000000171. The molecule has 4 fully saturated rings. The summed E-state index contributed by atoms with van der Waals surface area (Å²) in [4.78, 5) is 42.9. The van der Waals surface area contributed by atoms with Crippen LogP contribution in [0.15, 0.2) is 48.6 Å². The van der Waals surface area contributed by atoms with Crippen molar-refractivity contribution in [3.63, 3.8) is 0 Å². The number of hydrogen-bond donors (Lipinski definition) is 4. The summed E-state index contributed by atoms with van der Waals surface area (Å²) >= 11 is 0. The van der Waals surface area contributed by atoms with E-state index < -0.39 is 22.8 Å². The van der Waals surface area contributed by atoms with Crippen molar-refractivity contribution < 1.29 is 48.3 Å². The van der Waals surface area contributed by atoms with Gasteiger partial charge >= 0.3 is 23.9 Å². The molecular formula is C48H66N2O10. The van der Waals surface area contributed by atoms with Gasteiger partial charge in [0.25, 0.3) is 0 Å². The maximum Gasteiger partial charge on any atom is 0.328 e. The average Bonchev–Trinajstić information content (AvgIpc) is 3.20. The third-order valence-corrected chi connectivity index (χ3v) is 13.7. The summed E-state index contributed by atoms with van der Waals surface area (Å²) < 4.78 is 22.1. The van der Waals surface area contributed by atoms with Gasteiger partial charge in [0.15, 0.2) is 0 Å². The highest BCUT2D eigenvalue weighted by Gasteiger charge is 2.52. The van der Waals surface area contributed by atoms with Crippen LogP contribution >= 0.6 is 0 Å². The van der Waals surface area contributed by atoms with E-state index in [-0.39, 0.29) is 25.5 Å². The van der Waals surface area contributed by atoms with Crippen LogP contribution in [0.4, 0.5) is 0 Å². The molecular weight excluding hydrogens is 765 g/mol. The lowest BCUT2D eigenvalue weighted by molar-refractivity contribution is -0.160. The fraction of sp³-hybridized carbons (Fsp3) is 0.625. The van der Waals surface area contributed by atoms with E-state index >= 15 is 0 Å². The summed E-state index contributed by atoms with van der Waals surface area (Å²) in [6.07, 6.45) is 16.5. The Labute approximate surface area is 355 Å². The van der Waals surface area contributed by atoms with Gasteiger partial charge in [0.05, 0.1) is 10.8 Å². The molecule has 2 aromatic carbocycles. The molecule has 4 N–H and O–H groups in total. The minimum Gasteiger partial charge on any atom is -0.478 e. The number of nitrogens with one attached hydrogen (secondary N) is 2. The number of esters is 2. The SMILES string of the molecule is CC(C)(C)C(=O)OCOc1ccc2c(c1)[C@@]13CCCC[C@@H]1[C@H](C2)NCC3.CC(C)(C)C(=O)OCOc1ccc2c(c1)[C@@]13CCCC[C@@H]1[C@H](C2)NCC3.O=C(O)/C=C/C(=O)O. The van der Waals surface area contributed by atoms with Gasteiger partial charge in [-0.1, -0.05) is 37.8 Å². The number of hydrogen-bond acceptors (Lipinski definition) is 10. The summed E-state index contributed by atoms with van der Waals surface area (Å²) in [5.74, 6) is 0.171. The van der Waals surface area contributed by atoms with E-state index in [1.165, 1.54) is 86.5 Å². The fourth-order valence-corrected chi connectivity index (χ4v) is 10.9. The van der Waals surface area contributed by atoms with E-state index in [2.05, 4.69) is 34.9 Å². The molecule has 4 aliphatic carbocycles. The Morgan fingerprint density at radius 3 is 1.40 bits per heavy atom. The molecule has 0 unspecified atom stereocenters. The van der Waals surface area contributed by atoms with Crippen molar-refractivity contribution in [2.45, 2.75) is 142 Å². The lowest BCUT2D eigenvalue weighted by Crippen LogP contribution is -2.59. The average molecular weight is 831 g/mol. The van der Waals surface area contributed by atoms with Crippen molar-refractivity contribution in [1.82, 2.24) is 10.6 Å². The van der Waals surface area contributed by atoms with Crippen LogP contribution in [-0.4, -0.2) is 72.8 Å². The molecule has 12 heteroatoms. The lowest BCUT2D eigenvalue weighted by Gasteiger charge is -2.56. The van der Waals surface area contributed by atoms with Gasteiger partial charge in [-0.2, -0.15) is 0 Å². The highest BCUT2D eigenvalue weighted by atomic mass is 16.7. The lowest BCUT2D eigenvalue weighted by atomic mass is 9.53. The first kappa shape index (κ1) is 45.1. The molecule has 2 saturated heterocycles. The highest BCUT2D eigenvalue weighted by molar-refractivity contribution is 5.89. The van der Waals surface area contributed by atoms with Crippen LogP contribution in [0.25, 0.3) is 0 Å². The van der Waals surface area contributed by atoms with Gasteiger partial charge in [-0.25, -0.2) is 9.59 Å². The van der Waals surface area contributed by atoms with Crippen molar-refractivity contribution in [2.75, 3.05) is 26.7 Å². The number of carboxylic acid groups (broad SMARTS) is 2. The van der Waals surface area contributed by atoms with Crippen molar-refractivity contribution in [3.8, 4) is 11.5 Å². The Morgan fingerprint density at radius 2 is 1.03 bits per heavy atom. The van der Waals surface area contributed by atoms with E-state index in [1.54, 1.807) is 0 Å². The van der Waals surface area contributed by atoms with Crippen LogP contribution in [0.3, 0.4) is 0 Å². The number of carboxylic acids is 2. The van der Waals surface area contributed by atoms with Crippen molar-refractivity contribution >= 4 is 23.9 Å². The number of ether oxygens (including phenoxy) is 4. The van der Waals surface area contributed by atoms with E-state index in [0.29, 0.717) is 35.1 Å². The standard InChI is InChI=1S/2C22H31NO3.C4H4O4/c2*1-21(2,3)20(24)26-14-25-16-8-7-15-12-19-17-6-4-5-9-22(17,10-11-23-19)18(15)13-16;5-3(6)1-2-4(7)8/h2*7-8,13,17,19,23H,4-6,9-12,14H2,1-3H3;1-2H,(H,5,6)(H,7,8)/b;;2-1+/t2*17-,19+,22-;/m11./s1. The Kier molecular flexibility index (Phi) is 14.0. The van der Waals surface area contributed by atoms with Gasteiger partial charge in [-0.05, 0) is 164 Å². The third-order valence-electron chi connectivity index (χ3n) is 13.7. The number of carbonyl (C=O) groups is 4. The number of rotatable bonds is 8. The van der Waals surface area contributed by atoms with E-state index in [1.807, 2.05) is 53.7 Å². The van der Waals surface area contributed by atoms with Crippen LogP contribution < -0.4 is 20.1 Å². The van der Waals surface area contributed by atoms with Crippen LogP contribution in [0.5, 0.6) is 11.5 Å². The van der Waals surface area contributed by atoms with Gasteiger partial charge < -0.3 is 39.8 Å². The molecule has 0 radical (unpaired) electrons. The van der Waals surface area contributed by atoms with Crippen LogP contribution in [-0.2, 0) is 52.3 Å². The minimum atomic E-state index is -1.26. The molecule has 6 aliphatic rings. The monoisotopic (exact) mass is 830 g/mol. The van der Waals surface area contributed by atoms with Gasteiger partial charge in [0.2, 0.25) is 13.6 Å². The highest BCUT2D eigenvalue weighted by Crippen LogP contribution is 2.55. The Hall–Kier alpha value is -4.42. The quantitative estimate of drug-likeness (QED) is 0.117. The topological polar surface area (TPSA) is 170 Å². The molecule has 60 heavy (non-hydrogen) atoms. The molecule has 4 bridgehead atoms. The number of carbonyl (C=O) groups excluding carboxylic acids is 2. The normalized spacial score (nSPS) is 27.4. The molecule has 12 nitrogen and oxygen atoms in total. The fourth-order valence-electron chi connectivity index (χ4n) is 10.9. The van der Waals surface area contributed by atoms with Crippen molar-refractivity contribution in [3.05, 3.63) is 70.8 Å². The zero-order chi connectivity index (χ0) is 43.3. The molecule has 0 aromatic heterocycles. The Bertz CT molecular complexity index is 1770. The molecule has 0 amide bonds. The second kappa shape index (κ2) is 18.7. The zero-order valence-electron chi connectivity index (χ0n) is 36.4. The molecule has 2 aliphatic heterocycles. The summed E-state index contributed by atoms with van der Waals surface area (Å²) in [5, 5.41) is 23.2. The first-order valence-corrected chi connectivity index (χ1v) is 21.9. The van der Waals surface area contributed by atoms with E-state index in [0.717, 1.165) is 49.3 Å². The third kappa shape index (κ3) is 10.2. The molecule has 6 atom stereocenters. The predicted octanol–water partition coefficient (Wildman–Crippen LogP) is 7.63. The number of fused-ring (bicyclic) bond motifs is 2. The largest absolute Gasteiger partial charge is 0.478 e. The van der Waals surface area contributed by atoms with Gasteiger partial charge in [-0.3, -0.25) is 9.59 Å². The maximum absolute atomic E-state index is 11.9. The second-order valence-corrected chi connectivity index (χ2v) is 19.6. The zero-order valence-corrected chi connectivity index (χ0v) is 36.4. The minimum absolute atomic E-state index is 0.0184. The summed E-state index contributed by atoms with van der Waals surface area (Å²) in [6.45, 7) is 13.3. The first-order valence-electron chi connectivity index (χ1n) is 21.9. The van der Waals surface area contributed by atoms with Crippen LogP contribution in [0, 0.1) is 22.7 Å². The molecule has 328 valence electrons. The summed E-state index contributed by atoms with van der Waals surface area (Å²) in [5.41, 5.74) is 5.58. The molecule has 2 saturated carbocycles. The second-order valence-electron chi connectivity index (χ2n) is 19.6. The van der Waals surface area contributed by atoms with Crippen molar-refractivity contribution in [2.24, 2.45) is 22.7 Å². The molecule has 8 rings (SSSR count). The van der Waals surface area contributed by atoms with Gasteiger partial charge in [0.1, 0.15) is 11.5 Å². The smallest absolute Gasteiger partial charge is 0.328 e. The number of aliphatic carboxylic acids is 2. The maximum atomic E-state index is 11.9. The van der Waals surface area contributed by atoms with Gasteiger partial charge in [0, 0.05) is 35.1 Å². The van der Waals surface area contributed by atoms with Crippen LogP contribution in [0.2, 0.25) is 0 Å². The first-order chi connectivity index (χ1) is 28.4. The van der Waals surface area contributed by atoms with E-state index in [9.17, 15) is 19.2 Å². The molecule has 0 spiro atoms. The molecule has 2 aromatic rings. The summed E-state index contributed by atoms with van der Waals surface area (Å²) in [6, 6.07) is 14.2. The number of piperidine rings is 2. The van der Waals surface area contributed by atoms with Crippen molar-refractivity contribution in [1.29, 1.82) is 0 Å². The molecule has 2 heterocycles. The Morgan fingerprint density at radius 1 is 0.633 bits per heavy atom. The van der Waals surface area contributed by atoms with Gasteiger partial charge in [-0.15, -0.1) is 0 Å². The summed E-state index contributed by atoms with van der Waals surface area (Å²) in [7, 11) is 0. The van der Waals surface area contributed by atoms with Crippen LogP contribution in [0.1, 0.15) is 128 Å². The predicted molar refractivity (Wildman–Crippen MR) is 227 cm³/mol.